The van der Waals surface area contributed by atoms with Crippen molar-refractivity contribution >= 4 is 6.03 Å². The van der Waals surface area contributed by atoms with E-state index in [1.807, 2.05) is 6.92 Å². The van der Waals surface area contributed by atoms with Crippen molar-refractivity contribution in [3.63, 3.8) is 0 Å². The first-order valence-electron chi connectivity index (χ1n) is 7.74. The lowest BCUT2D eigenvalue weighted by molar-refractivity contribution is -0.153. The summed E-state index contributed by atoms with van der Waals surface area (Å²) in [4.78, 5) is 13.8. The number of ether oxygens (including phenoxy) is 1. The Balaban J connectivity index is 1.83. The van der Waals surface area contributed by atoms with Gasteiger partial charge in [-0.2, -0.15) is 13.2 Å². The number of halogens is 3. The van der Waals surface area contributed by atoms with Gasteiger partial charge in [-0.1, -0.05) is 19.1 Å². The van der Waals surface area contributed by atoms with Crippen molar-refractivity contribution in [2.24, 2.45) is 5.92 Å². The van der Waals surface area contributed by atoms with Gasteiger partial charge in [-0.15, -0.1) is 0 Å². The van der Waals surface area contributed by atoms with Crippen LogP contribution in [0.2, 0.25) is 0 Å². The summed E-state index contributed by atoms with van der Waals surface area (Å²) in [5.41, 5.74) is 0.746. The molecule has 2 amide bonds. The Morgan fingerprint density at radius 1 is 1.38 bits per heavy atom. The molecule has 134 valence electrons. The first kappa shape index (κ1) is 18.4. The van der Waals surface area contributed by atoms with Crippen molar-refractivity contribution in [2.45, 2.75) is 32.1 Å². The molecule has 0 aliphatic carbocycles. The van der Waals surface area contributed by atoms with Crippen LogP contribution in [0.5, 0.6) is 5.75 Å². The Bertz CT molecular complexity index is 548. The van der Waals surface area contributed by atoms with Crippen LogP contribution in [-0.2, 0) is 6.54 Å². The van der Waals surface area contributed by atoms with Crippen LogP contribution in [0, 0.1) is 5.92 Å². The van der Waals surface area contributed by atoms with Gasteiger partial charge >= 0.3 is 12.2 Å². The average molecular weight is 346 g/mol. The van der Waals surface area contributed by atoms with Crippen LogP contribution in [0.25, 0.3) is 0 Å². The topological polar surface area (TPSA) is 61.8 Å². The minimum atomic E-state index is -4.37. The van der Waals surface area contributed by atoms with Gasteiger partial charge in [0, 0.05) is 13.1 Å². The number of aliphatic hydroxyl groups is 1. The number of likely N-dealkylation sites (tertiary alicyclic amines) is 1. The maximum atomic E-state index is 12.2. The van der Waals surface area contributed by atoms with Crippen molar-refractivity contribution in [3.8, 4) is 5.75 Å². The fraction of sp³-hybridized carbons (Fsp3) is 0.562. The summed E-state index contributed by atoms with van der Waals surface area (Å²) in [5.74, 6) is 0.377. The van der Waals surface area contributed by atoms with Crippen LogP contribution < -0.4 is 10.1 Å². The summed E-state index contributed by atoms with van der Waals surface area (Å²) in [6.45, 7) is 1.44. The van der Waals surface area contributed by atoms with Crippen LogP contribution in [0.1, 0.15) is 18.9 Å². The lowest BCUT2D eigenvalue weighted by atomic mass is 10.0. The van der Waals surface area contributed by atoms with Crippen molar-refractivity contribution in [2.75, 3.05) is 19.8 Å². The first-order chi connectivity index (χ1) is 11.3. The summed E-state index contributed by atoms with van der Waals surface area (Å²) in [6, 6.07) is 5.63. The predicted molar refractivity (Wildman–Crippen MR) is 81.6 cm³/mol. The first-order valence-corrected chi connectivity index (χ1v) is 7.74. The number of urea groups is 1. The van der Waals surface area contributed by atoms with Gasteiger partial charge in [-0.3, -0.25) is 0 Å². The molecule has 24 heavy (non-hydrogen) atoms. The minimum Gasteiger partial charge on any atom is -0.484 e. The molecule has 0 saturated carbocycles. The number of nitrogens with zero attached hydrogens (tertiary/aromatic N) is 1. The number of nitrogens with one attached hydrogen (secondary N) is 1. The number of rotatable bonds is 5. The number of aliphatic hydroxyl groups excluding tert-OH is 1. The highest BCUT2D eigenvalue weighted by molar-refractivity contribution is 5.75. The number of carbonyl (C=O) groups is 1. The summed E-state index contributed by atoms with van der Waals surface area (Å²) in [7, 11) is 0. The number of carbonyl (C=O) groups excluding carboxylic acids is 1. The molecule has 1 saturated heterocycles. The average Bonchev–Trinajstić information content (AvgIpc) is 2.91. The summed E-state index contributed by atoms with van der Waals surface area (Å²) in [6.07, 6.45) is -3.52. The predicted octanol–water partition coefficient (Wildman–Crippen LogP) is 2.54. The Kier molecular flexibility index (Phi) is 5.93. The third-order valence-corrected chi connectivity index (χ3v) is 4.10. The molecule has 2 rings (SSSR count). The van der Waals surface area contributed by atoms with Gasteiger partial charge < -0.3 is 20.1 Å². The molecule has 2 atom stereocenters. The van der Waals surface area contributed by atoms with Gasteiger partial charge in [0.2, 0.25) is 0 Å². The van der Waals surface area contributed by atoms with Crippen LogP contribution in [0.15, 0.2) is 24.3 Å². The van der Waals surface area contributed by atoms with Crippen molar-refractivity contribution in [1.29, 1.82) is 0 Å². The Hall–Kier alpha value is -1.96. The second kappa shape index (κ2) is 7.74. The number of benzene rings is 1. The molecule has 1 heterocycles. The van der Waals surface area contributed by atoms with Crippen molar-refractivity contribution < 1.29 is 27.8 Å². The third-order valence-electron chi connectivity index (χ3n) is 4.10. The van der Waals surface area contributed by atoms with E-state index in [1.54, 1.807) is 17.0 Å². The fourth-order valence-electron chi connectivity index (χ4n) is 2.69. The summed E-state index contributed by atoms with van der Waals surface area (Å²) >= 11 is 0. The molecule has 1 fully saturated rings. The maximum Gasteiger partial charge on any atom is 0.422 e. The van der Waals surface area contributed by atoms with E-state index in [0.29, 0.717) is 6.54 Å². The molecule has 2 N–H and O–H groups in total. The van der Waals surface area contributed by atoms with E-state index in [9.17, 15) is 23.1 Å². The molecule has 1 aromatic carbocycles. The standard InChI is InChI=1S/C16H21F3N2O3/c1-11-6-7-21(14(11)9-22)15(23)20-8-12-2-4-13(5-3-12)24-10-16(17,18)19/h2-5,11,14,22H,6-10H2,1H3,(H,20,23). The van der Waals surface area contributed by atoms with E-state index in [4.69, 9.17) is 0 Å². The molecule has 1 aliphatic heterocycles. The monoisotopic (exact) mass is 346 g/mol. The van der Waals surface area contributed by atoms with E-state index in [2.05, 4.69) is 10.1 Å². The van der Waals surface area contributed by atoms with E-state index in [1.165, 1.54) is 12.1 Å². The molecule has 0 spiro atoms. The van der Waals surface area contributed by atoms with Gasteiger partial charge in [0.05, 0.1) is 12.6 Å². The lowest BCUT2D eigenvalue weighted by Crippen LogP contribution is -2.45. The quantitative estimate of drug-likeness (QED) is 0.861. The zero-order valence-corrected chi connectivity index (χ0v) is 13.3. The van der Waals surface area contributed by atoms with E-state index >= 15 is 0 Å². The SMILES string of the molecule is CC1CCN(C(=O)NCc2ccc(OCC(F)(F)F)cc2)C1CO. The highest BCUT2D eigenvalue weighted by Crippen LogP contribution is 2.23. The van der Waals surface area contributed by atoms with Crippen LogP contribution in [0.4, 0.5) is 18.0 Å². The number of alkyl halides is 3. The molecule has 1 aliphatic rings. The minimum absolute atomic E-state index is 0.0696. The Morgan fingerprint density at radius 2 is 2.04 bits per heavy atom. The van der Waals surface area contributed by atoms with Crippen molar-refractivity contribution in [1.82, 2.24) is 10.2 Å². The highest BCUT2D eigenvalue weighted by Gasteiger charge is 2.33. The summed E-state index contributed by atoms with van der Waals surface area (Å²) < 4.78 is 40.8. The molecule has 0 bridgehead atoms. The molecule has 8 heteroatoms. The third kappa shape index (κ3) is 5.02. The zero-order chi connectivity index (χ0) is 17.7. The lowest BCUT2D eigenvalue weighted by Gasteiger charge is -2.25. The van der Waals surface area contributed by atoms with Crippen LogP contribution in [-0.4, -0.2) is 48.0 Å². The maximum absolute atomic E-state index is 12.2. The number of hydrogen-bond donors (Lipinski definition) is 2. The number of hydrogen-bond acceptors (Lipinski definition) is 3. The smallest absolute Gasteiger partial charge is 0.422 e. The van der Waals surface area contributed by atoms with Crippen molar-refractivity contribution in [3.05, 3.63) is 29.8 Å². The van der Waals surface area contributed by atoms with Crippen LogP contribution in [0.3, 0.4) is 0 Å². The van der Waals surface area contributed by atoms with Gasteiger partial charge in [-0.05, 0) is 30.0 Å². The van der Waals surface area contributed by atoms with E-state index in [-0.39, 0.29) is 36.9 Å². The van der Waals surface area contributed by atoms with E-state index < -0.39 is 12.8 Å². The zero-order valence-electron chi connectivity index (χ0n) is 13.3. The Morgan fingerprint density at radius 3 is 2.62 bits per heavy atom. The second-order valence-electron chi connectivity index (χ2n) is 5.92. The largest absolute Gasteiger partial charge is 0.484 e. The van der Waals surface area contributed by atoms with Gasteiger partial charge in [0.1, 0.15) is 5.75 Å². The normalized spacial score (nSPS) is 21.0. The number of amides is 2. The second-order valence-corrected chi connectivity index (χ2v) is 5.92. The molecule has 2 unspecified atom stereocenters. The molecule has 0 aromatic heterocycles. The fourth-order valence-corrected chi connectivity index (χ4v) is 2.69. The highest BCUT2D eigenvalue weighted by atomic mass is 19.4. The molecule has 5 nitrogen and oxygen atoms in total. The van der Waals surface area contributed by atoms with Gasteiger partial charge in [0.25, 0.3) is 0 Å². The van der Waals surface area contributed by atoms with Gasteiger partial charge in [0.15, 0.2) is 6.61 Å². The molecule has 0 radical (unpaired) electrons. The molecular weight excluding hydrogens is 325 g/mol. The Labute approximate surface area is 138 Å². The molecular formula is C16H21F3N2O3. The van der Waals surface area contributed by atoms with E-state index in [0.717, 1.165) is 12.0 Å². The van der Waals surface area contributed by atoms with Gasteiger partial charge in [-0.25, -0.2) is 4.79 Å². The summed E-state index contributed by atoms with van der Waals surface area (Å²) in [5, 5.41) is 12.1. The molecule has 1 aromatic rings. The van der Waals surface area contributed by atoms with Crippen LogP contribution >= 0.6 is 0 Å².